The van der Waals surface area contributed by atoms with Crippen LogP contribution in [0.4, 0.5) is 0 Å². The third-order valence-electron chi connectivity index (χ3n) is 4.34. The molecule has 0 aromatic carbocycles. The first-order valence-electron chi connectivity index (χ1n) is 7.87. The Kier molecular flexibility index (Phi) is 6.11. The number of rotatable bonds is 5. The first-order chi connectivity index (χ1) is 9.31. The predicted molar refractivity (Wildman–Crippen MR) is 76.1 cm³/mol. The maximum atomic E-state index is 12.4. The largest absolute Gasteiger partial charge is 0.378 e. The molecule has 4 heteroatoms. The van der Waals surface area contributed by atoms with Crippen LogP contribution in [0.5, 0.6) is 0 Å². The van der Waals surface area contributed by atoms with E-state index in [-0.39, 0.29) is 0 Å². The number of hydrogen-bond acceptors (Lipinski definition) is 3. The second-order valence-corrected chi connectivity index (χ2v) is 5.82. The quantitative estimate of drug-likeness (QED) is 0.828. The normalized spacial score (nSPS) is 28.4. The molecule has 0 aliphatic carbocycles. The van der Waals surface area contributed by atoms with E-state index in [1.54, 1.807) is 0 Å². The summed E-state index contributed by atoms with van der Waals surface area (Å²) in [6.45, 7) is 2.74. The molecule has 2 fully saturated rings. The Labute approximate surface area is 116 Å². The van der Waals surface area contributed by atoms with Crippen molar-refractivity contribution < 1.29 is 9.53 Å². The van der Waals surface area contributed by atoms with Crippen molar-refractivity contribution in [1.82, 2.24) is 10.2 Å². The minimum atomic E-state index is 0.324. The molecular weight excluding hydrogens is 240 g/mol. The highest BCUT2D eigenvalue weighted by Gasteiger charge is 2.26. The van der Waals surface area contributed by atoms with Crippen molar-refractivity contribution in [3.8, 4) is 0 Å². The van der Waals surface area contributed by atoms with Crippen molar-refractivity contribution >= 4 is 5.91 Å². The zero-order valence-corrected chi connectivity index (χ0v) is 12.2. The smallest absolute Gasteiger partial charge is 0.222 e. The standard InChI is InChI=1S/C15H28N2O2/c1-16-12-13-6-2-4-10-17(13)15(18)9-8-14-7-3-5-11-19-14/h13-14,16H,2-12H2,1H3. The van der Waals surface area contributed by atoms with Crippen LogP contribution in [0, 0.1) is 0 Å². The van der Waals surface area contributed by atoms with Gasteiger partial charge in [-0.1, -0.05) is 0 Å². The molecule has 110 valence electrons. The predicted octanol–water partition coefficient (Wildman–Crippen LogP) is 1.94. The first kappa shape index (κ1) is 14.8. The number of hydrogen-bond donors (Lipinski definition) is 1. The van der Waals surface area contributed by atoms with Crippen LogP contribution in [0.25, 0.3) is 0 Å². The zero-order valence-electron chi connectivity index (χ0n) is 12.2. The lowest BCUT2D eigenvalue weighted by molar-refractivity contribution is -0.135. The first-order valence-corrected chi connectivity index (χ1v) is 7.87. The van der Waals surface area contributed by atoms with Gasteiger partial charge in [-0.25, -0.2) is 0 Å². The fraction of sp³-hybridized carbons (Fsp3) is 0.933. The molecular formula is C15H28N2O2. The number of piperidine rings is 1. The number of likely N-dealkylation sites (tertiary alicyclic amines) is 1. The molecule has 2 aliphatic heterocycles. The van der Waals surface area contributed by atoms with Crippen LogP contribution >= 0.6 is 0 Å². The van der Waals surface area contributed by atoms with Crippen LogP contribution in [0.2, 0.25) is 0 Å². The molecule has 2 aliphatic rings. The molecule has 2 rings (SSSR count). The number of nitrogens with zero attached hydrogens (tertiary/aromatic N) is 1. The molecule has 4 nitrogen and oxygen atoms in total. The molecule has 2 saturated heterocycles. The molecule has 0 saturated carbocycles. The number of amides is 1. The zero-order chi connectivity index (χ0) is 13.5. The summed E-state index contributed by atoms with van der Waals surface area (Å²) in [7, 11) is 1.97. The van der Waals surface area contributed by atoms with Gasteiger partial charge < -0.3 is 15.0 Å². The monoisotopic (exact) mass is 268 g/mol. The van der Waals surface area contributed by atoms with Gasteiger partial charge in [0.15, 0.2) is 0 Å². The lowest BCUT2D eigenvalue weighted by atomic mass is 10.00. The summed E-state index contributed by atoms with van der Waals surface area (Å²) in [6, 6.07) is 0.401. The van der Waals surface area contributed by atoms with Gasteiger partial charge in [-0.3, -0.25) is 4.79 Å². The summed E-state index contributed by atoms with van der Waals surface area (Å²) in [4.78, 5) is 14.5. The fourth-order valence-electron chi connectivity index (χ4n) is 3.24. The van der Waals surface area contributed by atoms with Crippen molar-refractivity contribution in [2.45, 2.75) is 63.5 Å². The van der Waals surface area contributed by atoms with Gasteiger partial charge in [0, 0.05) is 32.2 Å². The average molecular weight is 268 g/mol. The van der Waals surface area contributed by atoms with Crippen LogP contribution in [-0.4, -0.2) is 49.7 Å². The molecule has 19 heavy (non-hydrogen) atoms. The van der Waals surface area contributed by atoms with E-state index >= 15 is 0 Å². The summed E-state index contributed by atoms with van der Waals surface area (Å²) < 4.78 is 5.71. The Morgan fingerprint density at radius 2 is 2.11 bits per heavy atom. The minimum absolute atomic E-state index is 0.324. The Bertz CT molecular complexity index is 275. The van der Waals surface area contributed by atoms with Gasteiger partial charge in [-0.05, 0) is 52.0 Å². The summed E-state index contributed by atoms with van der Waals surface area (Å²) >= 11 is 0. The van der Waals surface area contributed by atoms with Gasteiger partial charge in [-0.2, -0.15) is 0 Å². The third-order valence-corrected chi connectivity index (χ3v) is 4.34. The maximum Gasteiger partial charge on any atom is 0.222 e. The highest BCUT2D eigenvalue weighted by Crippen LogP contribution is 2.21. The van der Waals surface area contributed by atoms with Crippen molar-refractivity contribution in [2.24, 2.45) is 0 Å². The lowest BCUT2D eigenvalue weighted by Gasteiger charge is -2.36. The van der Waals surface area contributed by atoms with Crippen LogP contribution in [-0.2, 0) is 9.53 Å². The van der Waals surface area contributed by atoms with E-state index in [0.717, 1.165) is 45.4 Å². The summed E-state index contributed by atoms with van der Waals surface area (Å²) in [5, 5.41) is 3.21. The number of carbonyl (C=O) groups excluding carboxylic acids is 1. The number of nitrogens with one attached hydrogen (secondary N) is 1. The minimum Gasteiger partial charge on any atom is -0.378 e. The van der Waals surface area contributed by atoms with Gasteiger partial charge in [0.25, 0.3) is 0 Å². The SMILES string of the molecule is CNCC1CCCCN1C(=O)CCC1CCCCO1. The van der Waals surface area contributed by atoms with Gasteiger partial charge in [0.1, 0.15) is 0 Å². The number of ether oxygens (including phenoxy) is 1. The Morgan fingerprint density at radius 1 is 1.26 bits per heavy atom. The van der Waals surface area contributed by atoms with E-state index in [9.17, 15) is 4.79 Å². The Balaban J connectivity index is 1.76. The van der Waals surface area contributed by atoms with Crippen LogP contribution in [0.3, 0.4) is 0 Å². The van der Waals surface area contributed by atoms with E-state index in [1.165, 1.54) is 19.3 Å². The van der Waals surface area contributed by atoms with E-state index in [2.05, 4.69) is 10.2 Å². The molecule has 2 unspecified atom stereocenters. The summed E-state index contributed by atoms with van der Waals surface area (Å²) in [5.41, 5.74) is 0. The number of carbonyl (C=O) groups is 1. The Hall–Kier alpha value is -0.610. The van der Waals surface area contributed by atoms with Crippen molar-refractivity contribution in [3.63, 3.8) is 0 Å². The molecule has 2 heterocycles. The Morgan fingerprint density at radius 3 is 2.84 bits per heavy atom. The second-order valence-electron chi connectivity index (χ2n) is 5.82. The van der Waals surface area contributed by atoms with Crippen LogP contribution in [0.1, 0.15) is 51.4 Å². The maximum absolute atomic E-state index is 12.4. The summed E-state index contributed by atoms with van der Waals surface area (Å²) in [6.07, 6.45) is 9.01. The van der Waals surface area contributed by atoms with Crippen LogP contribution in [0.15, 0.2) is 0 Å². The van der Waals surface area contributed by atoms with Crippen LogP contribution < -0.4 is 5.32 Å². The van der Waals surface area contributed by atoms with E-state index in [4.69, 9.17) is 4.74 Å². The van der Waals surface area contributed by atoms with E-state index in [0.29, 0.717) is 24.5 Å². The third kappa shape index (κ3) is 4.46. The van der Waals surface area contributed by atoms with E-state index in [1.807, 2.05) is 7.05 Å². The van der Waals surface area contributed by atoms with Gasteiger partial charge in [0.05, 0.1) is 6.10 Å². The molecule has 1 amide bonds. The molecule has 0 aromatic heterocycles. The molecule has 0 spiro atoms. The highest BCUT2D eigenvalue weighted by atomic mass is 16.5. The van der Waals surface area contributed by atoms with Gasteiger partial charge >= 0.3 is 0 Å². The average Bonchev–Trinajstić information content (AvgIpc) is 2.47. The molecule has 0 radical (unpaired) electrons. The van der Waals surface area contributed by atoms with Crippen molar-refractivity contribution in [2.75, 3.05) is 26.7 Å². The lowest BCUT2D eigenvalue weighted by Crippen LogP contribution is -2.48. The van der Waals surface area contributed by atoms with Crippen molar-refractivity contribution in [1.29, 1.82) is 0 Å². The molecule has 0 bridgehead atoms. The topological polar surface area (TPSA) is 41.6 Å². The summed E-state index contributed by atoms with van der Waals surface area (Å²) in [5.74, 6) is 0.328. The molecule has 1 N–H and O–H groups in total. The fourth-order valence-corrected chi connectivity index (χ4v) is 3.24. The van der Waals surface area contributed by atoms with E-state index < -0.39 is 0 Å². The van der Waals surface area contributed by atoms with Crippen molar-refractivity contribution in [3.05, 3.63) is 0 Å². The van der Waals surface area contributed by atoms with Gasteiger partial charge in [0.2, 0.25) is 5.91 Å². The number of likely N-dealkylation sites (N-methyl/N-ethyl adjacent to an activating group) is 1. The van der Waals surface area contributed by atoms with Gasteiger partial charge in [-0.15, -0.1) is 0 Å². The second kappa shape index (κ2) is 7.85. The molecule has 2 atom stereocenters. The highest BCUT2D eigenvalue weighted by molar-refractivity contribution is 5.76. The molecule has 0 aromatic rings.